The van der Waals surface area contributed by atoms with Crippen LogP contribution in [-0.2, 0) is 6.54 Å². The molecule has 1 atom stereocenters. The predicted molar refractivity (Wildman–Crippen MR) is 69.6 cm³/mol. The van der Waals surface area contributed by atoms with Crippen LogP contribution in [0.4, 0.5) is 4.39 Å². The standard InChI is InChI=1S/C14H17ClFN/c15-14-7-6-13(16)8-12(14)10-17-9-11-4-2-1-3-5-11/h1-2,6-8,11,17H,3-5,9-10H2. The maximum absolute atomic E-state index is 13.0. The third-order valence-corrected chi connectivity index (χ3v) is 3.50. The van der Waals surface area contributed by atoms with E-state index in [1.807, 2.05) is 0 Å². The Balaban J connectivity index is 1.81. The van der Waals surface area contributed by atoms with E-state index in [-0.39, 0.29) is 5.82 Å². The number of benzene rings is 1. The van der Waals surface area contributed by atoms with E-state index in [2.05, 4.69) is 17.5 Å². The van der Waals surface area contributed by atoms with E-state index in [1.165, 1.54) is 25.0 Å². The van der Waals surface area contributed by atoms with Gasteiger partial charge in [-0.1, -0.05) is 23.8 Å². The van der Waals surface area contributed by atoms with Crippen molar-refractivity contribution < 1.29 is 4.39 Å². The summed E-state index contributed by atoms with van der Waals surface area (Å²) in [5.41, 5.74) is 0.831. The van der Waals surface area contributed by atoms with Gasteiger partial charge in [0, 0.05) is 11.6 Å². The predicted octanol–water partition coefficient (Wildman–Crippen LogP) is 3.93. The van der Waals surface area contributed by atoms with Crippen LogP contribution < -0.4 is 5.32 Å². The summed E-state index contributed by atoms with van der Waals surface area (Å²) in [6, 6.07) is 4.49. The first-order valence-corrected chi connectivity index (χ1v) is 6.43. The molecule has 2 rings (SSSR count). The summed E-state index contributed by atoms with van der Waals surface area (Å²) >= 11 is 6.00. The van der Waals surface area contributed by atoms with Crippen LogP contribution in [0.5, 0.6) is 0 Å². The van der Waals surface area contributed by atoms with Crippen molar-refractivity contribution in [3.05, 3.63) is 46.8 Å². The van der Waals surface area contributed by atoms with Crippen LogP contribution in [0.3, 0.4) is 0 Å². The second-order valence-corrected chi connectivity index (χ2v) is 4.92. The third kappa shape index (κ3) is 3.83. The van der Waals surface area contributed by atoms with Gasteiger partial charge in [-0.05, 0) is 55.5 Å². The molecule has 0 heterocycles. The molecule has 1 unspecified atom stereocenters. The molecular formula is C14H17ClFN. The van der Waals surface area contributed by atoms with E-state index in [0.717, 1.165) is 18.5 Å². The smallest absolute Gasteiger partial charge is 0.123 e. The molecule has 1 aliphatic rings. The molecule has 0 aliphatic heterocycles. The molecular weight excluding hydrogens is 237 g/mol. The number of hydrogen-bond acceptors (Lipinski definition) is 1. The van der Waals surface area contributed by atoms with E-state index >= 15 is 0 Å². The molecule has 0 radical (unpaired) electrons. The lowest BCUT2D eigenvalue weighted by molar-refractivity contribution is 0.440. The molecule has 0 bridgehead atoms. The lowest BCUT2D eigenvalue weighted by atomic mass is 9.94. The Labute approximate surface area is 107 Å². The van der Waals surface area contributed by atoms with Crippen molar-refractivity contribution in [3.8, 4) is 0 Å². The Morgan fingerprint density at radius 1 is 1.35 bits per heavy atom. The molecule has 0 fully saturated rings. The van der Waals surface area contributed by atoms with Crippen molar-refractivity contribution in [2.24, 2.45) is 5.92 Å². The van der Waals surface area contributed by atoms with Gasteiger partial charge >= 0.3 is 0 Å². The molecule has 1 nitrogen and oxygen atoms in total. The third-order valence-electron chi connectivity index (χ3n) is 3.13. The molecule has 0 saturated carbocycles. The van der Waals surface area contributed by atoms with Gasteiger partial charge in [-0.3, -0.25) is 0 Å². The average Bonchev–Trinajstić information content (AvgIpc) is 2.35. The van der Waals surface area contributed by atoms with E-state index in [0.29, 0.717) is 17.5 Å². The van der Waals surface area contributed by atoms with Gasteiger partial charge in [0.25, 0.3) is 0 Å². The summed E-state index contributed by atoms with van der Waals surface area (Å²) in [5, 5.41) is 3.98. The quantitative estimate of drug-likeness (QED) is 0.802. The van der Waals surface area contributed by atoms with Crippen molar-refractivity contribution >= 4 is 11.6 Å². The molecule has 3 heteroatoms. The normalized spacial score (nSPS) is 19.5. The number of halogens is 2. The van der Waals surface area contributed by atoms with Crippen LogP contribution in [0.1, 0.15) is 24.8 Å². The highest BCUT2D eigenvalue weighted by Gasteiger charge is 2.09. The summed E-state index contributed by atoms with van der Waals surface area (Å²) in [4.78, 5) is 0. The van der Waals surface area contributed by atoms with Crippen molar-refractivity contribution in [1.82, 2.24) is 5.32 Å². The first-order valence-electron chi connectivity index (χ1n) is 6.05. The van der Waals surface area contributed by atoms with Gasteiger partial charge in [0.15, 0.2) is 0 Å². The molecule has 0 aromatic heterocycles. The Morgan fingerprint density at radius 3 is 3.00 bits per heavy atom. The second-order valence-electron chi connectivity index (χ2n) is 4.52. The van der Waals surface area contributed by atoms with E-state index in [9.17, 15) is 4.39 Å². The fraction of sp³-hybridized carbons (Fsp3) is 0.429. The number of nitrogens with one attached hydrogen (secondary N) is 1. The summed E-state index contributed by atoms with van der Waals surface area (Å²) in [5.74, 6) is 0.471. The van der Waals surface area contributed by atoms with Crippen molar-refractivity contribution in [2.75, 3.05) is 6.54 Å². The molecule has 17 heavy (non-hydrogen) atoms. The summed E-state index contributed by atoms with van der Waals surface area (Å²) < 4.78 is 13.0. The minimum atomic E-state index is -0.230. The van der Waals surface area contributed by atoms with Gasteiger partial charge in [-0.2, -0.15) is 0 Å². The average molecular weight is 254 g/mol. The number of rotatable bonds is 4. The van der Waals surface area contributed by atoms with E-state index in [4.69, 9.17) is 11.6 Å². The molecule has 1 aromatic rings. The summed E-state index contributed by atoms with van der Waals surface area (Å²) in [6.45, 7) is 1.61. The van der Waals surface area contributed by atoms with Gasteiger partial charge in [0.2, 0.25) is 0 Å². The molecule has 0 amide bonds. The first-order chi connectivity index (χ1) is 8.25. The van der Waals surface area contributed by atoms with Crippen LogP contribution in [0, 0.1) is 11.7 Å². The highest BCUT2D eigenvalue weighted by atomic mass is 35.5. The van der Waals surface area contributed by atoms with Gasteiger partial charge in [-0.25, -0.2) is 4.39 Å². The molecule has 0 spiro atoms. The highest BCUT2D eigenvalue weighted by Crippen LogP contribution is 2.19. The Morgan fingerprint density at radius 2 is 2.24 bits per heavy atom. The first kappa shape index (κ1) is 12.6. The Kier molecular flexibility index (Phi) is 4.57. The number of allylic oxidation sites excluding steroid dienone is 2. The monoisotopic (exact) mass is 253 g/mol. The zero-order valence-corrected chi connectivity index (χ0v) is 10.5. The van der Waals surface area contributed by atoms with Crippen LogP contribution in [0.15, 0.2) is 30.4 Å². The van der Waals surface area contributed by atoms with Gasteiger partial charge in [-0.15, -0.1) is 0 Å². The van der Waals surface area contributed by atoms with E-state index < -0.39 is 0 Å². The van der Waals surface area contributed by atoms with Crippen LogP contribution in [0.25, 0.3) is 0 Å². The molecule has 1 N–H and O–H groups in total. The van der Waals surface area contributed by atoms with Crippen molar-refractivity contribution in [2.45, 2.75) is 25.8 Å². The van der Waals surface area contributed by atoms with Crippen LogP contribution in [-0.4, -0.2) is 6.54 Å². The van der Waals surface area contributed by atoms with Gasteiger partial charge in [0.1, 0.15) is 5.82 Å². The summed E-state index contributed by atoms with van der Waals surface area (Å²) in [6.07, 6.45) is 8.03. The minimum absolute atomic E-state index is 0.230. The fourth-order valence-corrected chi connectivity index (χ4v) is 2.32. The second kappa shape index (κ2) is 6.18. The Hall–Kier alpha value is -0.860. The largest absolute Gasteiger partial charge is 0.312 e. The van der Waals surface area contributed by atoms with Crippen LogP contribution in [0.2, 0.25) is 5.02 Å². The van der Waals surface area contributed by atoms with Gasteiger partial charge in [0.05, 0.1) is 0 Å². The van der Waals surface area contributed by atoms with Gasteiger partial charge < -0.3 is 5.32 Å². The van der Waals surface area contributed by atoms with Crippen LogP contribution >= 0.6 is 11.6 Å². The van der Waals surface area contributed by atoms with E-state index in [1.54, 1.807) is 6.07 Å². The van der Waals surface area contributed by atoms with Crippen molar-refractivity contribution in [3.63, 3.8) is 0 Å². The Bertz CT molecular complexity index is 403. The number of hydrogen-bond donors (Lipinski definition) is 1. The lowest BCUT2D eigenvalue weighted by Crippen LogP contribution is -2.23. The molecule has 92 valence electrons. The fourth-order valence-electron chi connectivity index (χ4n) is 2.13. The maximum atomic E-state index is 13.0. The topological polar surface area (TPSA) is 12.0 Å². The zero-order valence-electron chi connectivity index (χ0n) is 9.76. The molecule has 0 saturated heterocycles. The minimum Gasteiger partial charge on any atom is -0.312 e. The zero-order chi connectivity index (χ0) is 12.1. The lowest BCUT2D eigenvalue weighted by Gasteiger charge is -2.18. The summed E-state index contributed by atoms with van der Waals surface area (Å²) in [7, 11) is 0. The molecule has 1 aliphatic carbocycles. The molecule has 1 aromatic carbocycles. The SMILES string of the molecule is Fc1ccc(Cl)c(CNCC2CC=CCC2)c1. The van der Waals surface area contributed by atoms with Crippen molar-refractivity contribution in [1.29, 1.82) is 0 Å². The highest BCUT2D eigenvalue weighted by molar-refractivity contribution is 6.31. The maximum Gasteiger partial charge on any atom is 0.123 e.